The Morgan fingerprint density at radius 1 is 1.19 bits per heavy atom. The fourth-order valence-corrected chi connectivity index (χ4v) is 1.98. The van der Waals surface area contributed by atoms with Gasteiger partial charge in [0.05, 0.1) is 12.8 Å². The predicted octanol–water partition coefficient (Wildman–Crippen LogP) is 2.18. The second-order valence-corrected chi connectivity index (χ2v) is 4.65. The first kappa shape index (κ1) is 14.6. The van der Waals surface area contributed by atoms with E-state index in [-0.39, 0.29) is 5.88 Å². The van der Waals surface area contributed by atoms with Gasteiger partial charge in [-0.3, -0.25) is 4.79 Å². The minimum Gasteiger partial charge on any atom is -0.481 e. The Hall–Kier alpha value is -2.76. The van der Waals surface area contributed by atoms with Crippen LogP contribution in [0.2, 0.25) is 0 Å². The summed E-state index contributed by atoms with van der Waals surface area (Å²) in [5, 5.41) is 0. The second kappa shape index (κ2) is 5.70. The van der Waals surface area contributed by atoms with Crippen molar-refractivity contribution in [1.29, 1.82) is 0 Å². The first-order valence-electron chi connectivity index (χ1n) is 6.31. The van der Waals surface area contributed by atoms with Crippen LogP contribution in [-0.2, 0) is 0 Å². The van der Waals surface area contributed by atoms with Crippen LogP contribution < -0.4 is 20.9 Å². The van der Waals surface area contributed by atoms with Crippen LogP contribution >= 0.6 is 0 Å². The monoisotopic (exact) mass is 287 g/mol. The van der Waals surface area contributed by atoms with Crippen molar-refractivity contribution in [1.82, 2.24) is 4.98 Å². The van der Waals surface area contributed by atoms with Gasteiger partial charge >= 0.3 is 0 Å². The van der Waals surface area contributed by atoms with E-state index in [0.29, 0.717) is 22.9 Å². The molecule has 0 aliphatic carbocycles. The van der Waals surface area contributed by atoms with Gasteiger partial charge in [0.25, 0.3) is 0 Å². The molecule has 1 aromatic carbocycles. The van der Waals surface area contributed by atoms with E-state index < -0.39 is 5.91 Å². The number of carbonyl (C=O) groups is 1. The van der Waals surface area contributed by atoms with Gasteiger partial charge in [0.1, 0.15) is 5.75 Å². The summed E-state index contributed by atoms with van der Waals surface area (Å²) in [4.78, 5) is 15.4. The Kier molecular flexibility index (Phi) is 3.98. The lowest BCUT2D eigenvalue weighted by Gasteiger charge is -2.14. The van der Waals surface area contributed by atoms with E-state index in [4.69, 9.17) is 20.9 Å². The predicted molar refractivity (Wildman–Crippen MR) is 79.7 cm³/mol. The molecule has 4 N–H and O–H groups in total. The number of aromatic nitrogens is 1. The highest BCUT2D eigenvalue weighted by atomic mass is 16.5. The lowest BCUT2D eigenvalue weighted by molar-refractivity contribution is 0.1000. The molecule has 1 amide bonds. The van der Waals surface area contributed by atoms with E-state index in [1.807, 2.05) is 13.8 Å². The number of nitrogens with zero attached hydrogens (tertiary/aromatic N) is 1. The van der Waals surface area contributed by atoms with Gasteiger partial charge in [-0.1, -0.05) is 0 Å². The van der Waals surface area contributed by atoms with Crippen LogP contribution in [0.4, 0.5) is 5.69 Å². The number of carbonyl (C=O) groups excluding carboxylic acids is 1. The highest BCUT2D eigenvalue weighted by molar-refractivity contribution is 5.93. The summed E-state index contributed by atoms with van der Waals surface area (Å²) in [5.41, 5.74) is 13.5. The summed E-state index contributed by atoms with van der Waals surface area (Å²) >= 11 is 0. The van der Waals surface area contributed by atoms with Crippen LogP contribution in [0.3, 0.4) is 0 Å². The zero-order valence-electron chi connectivity index (χ0n) is 12.1. The molecule has 1 heterocycles. The molecule has 0 spiro atoms. The molecule has 0 atom stereocenters. The van der Waals surface area contributed by atoms with Crippen LogP contribution in [0.5, 0.6) is 17.5 Å². The molecule has 0 saturated heterocycles. The van der Waals surface area contributed by atoms with Crippen molar-refractivity contribution in [2.75, 3.05) is 12.8 Å². The molecule has 1 aromatic heterocycles. The van der Waals surface area contributed by atoms with Gasteiger partial charge in [-0.2, -0.15) is 4.98 Å². The molecule has 0 bridgehead atoms. The van der Waals surface area contributed by atoms with Crippen LogP contribution in [0, 0.1) is 13.8 Å². The number of pyridine rings is 1. The lowest BCUT2D eigenvalue weighted by atomic mass is 10.1. The van der Waals surface area contributed by atoms with Crippen molar-refractivity contribution in [3.05, 3.63) is 41.0 Å². The van der Waals surface area contributed by atoms with E-state index in [9.17, 15) is 4.79 Å². The topological polar surface area (TPSA) is 100 Å². The molecular weight excluding hydrogens is 270 g/mol. The highest BCUT2D eigenvalue weighted by Crippen LogP contribution is 2.32. The van der Waals surface area contributed by atoms with Gasteiger partial charge in [0.2, 0.25) is 17.7 Å². The average Bonchev–Trinajstić information content (AvgIpc) is 2.44. The average molecular weight is 287 g/mol. The Labute approximate surface area is 122 Å². The number of aryl methyl sites for hydroxylation is 2. The number of anilines is 1. The number of hydrogen-bond donors (Lipinski definition) is 2. The maximum atomic E-state index is 11.2. The zero-order chi connectivity index (χ0) is 15.6. The van der Waals surface area contributed by atoms with E-state index in [2.05, 4.69) is 4.98 Å². The van der Waals surface area contributed by atoms with Crippen molar-refractivity contribution >= 4 is 11.6 Å². The molecule has 6 nitrogen and oxygen atoms in total. The number of nitrogen functional groups attached to an aromatic ring is 1. The molecular formula is C15H17N3O3. The minimum atomic E-state index is -0.480. The van der Waals surface area contributed by atoms with E-state index >= 15 is 0 Å². The van der Waals surface area contributed by atoms with Crippen molar-refractivity contribution in [3.8, 4) is 17.5 Å². The Morgan fingerprint density at radius 2 is 1.81 bits per heavy atom. The van der Waals surface area contributed by atoms with E-state index in [1.54, 1.807) is 24.3 Å². The summed E-state index contributed by atoms with van der Waals surface area (Å²) in [7, 11) is 1.51. The molecule has 0 aliphatic heterocycles. The van der Waals surface area contributed by atoms with Gasteiger partial charge in [-0.15, -0.1) is 0 Å². The quantitative estimate of drug-likeness (QED) is 0.897. The van der Waals surface area contributed by atoms with E-state index in [1.165, 1.54) is 7.11 Å². The molecule has 110 valence electrons. The number of ether oxygens (including phenoxy) is 2. The van der Waals surface area contributed by atoms with Crippen molar-refractivity contribution in [2.24, 2.45) is 5.73 Å². The molecule has 0 saturated carbocycles. The number of nitrogens with two attached hydrogens (primary N) is 2. The number of amides is 1. The molecule has 2 rings (SSSR count). The van der Waals surface area contributed by atoms with Gasteiger partial charge in [0, 0.05) is 11.6 Å². The van der Waals surface area contributed by atoms with E-state index in [0.717, 1.165) is 11.1 Å². The first-order chi connectivity index (χ1) is 9.92. The highest BCUT2D eigenvalue weighted by Gasteiger charge is 2.13. The van der Waals surface area contributed by atoms with Crippen LogP contribution in [0.1, 0.15) is 21.5 Å². The third-order valence-corrected chi connectivity index (χ3v) is 3.02. The second-order valence-electron chi connectivity index (χ2n) is 4.65. The zero-order valence-corrected chi connectivity index (χ0v) is 12.1. The fourth-order valence-electron chi connectivity index (χ4n) is 1.98. The van der Waals surface area contributed by atoms with Crippen LogP contribution in [-0.4, -0.2) is 18.0 Å². The van der Waals surface area contributed by atoms with Crippen LogP contribution in [0.25, 0.3) is 0 Å². The number of primary amides is 1. The molecule has 0 unspecified atom stereocenters. The van der Waals surface area contributed by atoms with Gasteiger partial charge in [0.15, 0.2) is 0 Å². The number of benzene rings is 1. The Morgan fingerprint density at radius 3 is 2.33 bits per heavy atom. The minimum absolute atomic E-state index is 0.257. The first-order valence-corrected chi connectivity index (χ1v) is 6.31. The van der Waals surface area contributed by atoms with Crippen LogP contribution in [0.15, 0.2) is 24.3 Å². The van der Waals surface area contributed by atoms with Gasteiger partial charge in [-0.25, -0.2) is 0 Å². The summed E-state index contributed by atoms with van der Waals surface area (Å²) in [6.45, 7) is 3.65. The maximum absolute atomic E-state index is 11.2. The Balaban J connectivity index is 2.42. The van der Waals surface area contributed by atoms with Gasteiger partial charge < -0.3 is 20.9 Å². The number of methoxy groups -OCH3 is 1. The molecule has 2 aromatic rings. The fraction of sp³-hybridized carbons (Fsp3) is 0.200. The number of rotatable bonds is 4. The third-order valence-electron chi connectivity index (χ3n) is 3.02. The summed E-state index contributed by atoms with van der Waals surface area (Å²) < 4.78 is 10.8. The number of hydrogen-bond acceptors (Lipinski definition) is 5. The van der Waals surface area contributed by atoms with Gasteiger partial charge in [-0.05, 0) is 43.2 Å². The SMILES string of the molecule is COc1ccc(N)c(Oc2c(C)cc(C(N)=O)cc2C)n1. The standard InChI is InChI=1S/C15H17N3O3/c1-8-6-10(14(17)19)7-9(2)13(8)21-15-11(16)4-5-12(18-15)20-3/h4-7H,16H2,1-3H3,(H2,17,19). The normalized spacial score (nSPS) is 10.2. The molecule has 6 heteroatoms. The summed E-state index contributed by atoms with van der Waals surface area (Å²) in [5.74, 6) is 0.773. The van der Waals surface area contributed by atoms with Crippen molar-refractivity contribution in [2.45, 2.75) is 13.8 Å². The molecule has 0 radical (unpaired) electrons. The molecule has 0 aliphatic rings. The maximum Gasteiger partial charge on any atom is 0.248 e. The van der Waals surface area contributed by atoms with Crippen molar-refractivity contribution in [3.63, 3.8) is 0 Å². The summed E-state index contributed by atoms with van der Waals surface area (Å²) in [6.07, 6.45) is 0. The Bertz CT molecular complexity index is 676. The summed E-state index contributed by atoms with van der Waals surface area (Å²) in [6, 6.07) is 6.64. The van der Waals surface area contributed by atoms with Crippen molar-refractivity contribution < 1.29 is 14.3 Å². The molecule has 21 heavy (non-hydrogen) atoms. The molecule has 0 fully saturated rings. The smallest absolute Gasteiger partial charge is 0.248 e. The largest absolute Gasteiger partial charge is 0.481 e. The lowest BCUT2D eigenvalue weighted by Crippen LogP contribution is -2.11. The third kappa shape index (κ3) is 3.05.